The van der Waals surface area contributed by atoms with Crippen LogP contribution in [-0.4, -0.2) is 30.0 Å². The Morgan fingerprint density at radius 3 is 2.38 bits per heavy atom. The fourth-order valence-corrected chi connectivity index (χ4v) is 3.95. The van der Waals surface area contributed by atoms with E-state index in [4.69, 9.17) is 4.42 Å². The first-order chi connectivity index (χ1) is 17.9. The number of carbonyl (C=O) groups is 1. The Hall–Kier alpha value is -3.94. The molecular formula is C27H23F3LiN3O5. The van der Waals surface area contributed by atoms with Crippen LogP contribution in [0.25, 0.3) is 16.6 Å². The molecule has 0 radical (unpaired) electrons. The van der Waals surface area contributed by atoms with Crippen molar-refractivity contribution in [2.45, 2.75) is 25.6 Å². The van der Waals surface area contributed by atoms with Gasteiger partial charge in [0, 0.05) is 19.7 Å². The predicted octanol–water partition coefficient (Wildman–Crippen LogP) is 2.87. The van der Waals surface area contributed by atoms with Crippen LogP contribution in [0.3, 0.4) is 0 Å². The van der Waals surface area contributed by atoms with E-state index < -0.39 is 40.3 Å². The van der Waals surface area contributed by atoms with Gasteiger partial charge in [-0.1, -0.05) is 48.6 Å². The van der Waals surface area contributed by atoms with Crippen LogP contribution in [0.15, 0.2) is 68.6 Å². The van der Waals surface area contributed by atoms with Gasteiger partial charge in [-0.15, -0.1) is 0 Å². The first-order valence-corrected chi connectivity index (χ1v) is 11.6. The summed E-state index contributed by atoms with van der Waals surface area (Å²) in [5.74, 6) is -0.679. The minimum atomic E-state index is -4.58. The van der Waals surface area contributed by atoms with Crippen molar-refractivity contribution in [3.63, 3.8) is 0 Å². The fourth-order valence-electron chi connectivity index (χ4n) is 3.95. The van der Waals surface area contributed by atoms with Gasteiger partial charge in [0.25, 0.3) is 5.91 Å². The summed E-state index contributed by atoms with van der Waals surface area (Å²) < 4.78 is 46.1. The minimum Gasteiger partial charge on any atom is -0.650 e. The Labute approximate surface area is 233 Å². The van der Waals surface area contributed by atoms with Gasteiger partial charge in [-0.2, -0.15) is 13.2 Å². The normalized spacial score (nSPS) is 12.1. The molecule has 0 saturated carbocycles. The number of phenols is 1. The van der Waals surface area contributed by atoms with Crippen LogP contribution in [-0.2, 0) is 6.18 Å². The molecule has 0 fully saturated rings. The number of alkyl halides is 3. The average molecular weight is 533 g/mol. The first-order valence-electron chi connectivity index (χ1n) is 11.6. The molecule has 8 nitrogen and oxygen atoms in total. The van der Waals surface area contributed by atoms with E-state index >= 15 is 0 Å². The monoisotopic (exact) mass is 533 g/mol. The standard InChI is InChI=1S/C27H24F3N3O5.Li/c1-4-17(20-13-12-19(38-20)14-8-5-6-10-16(14)27(28,29)30)31-21-22(25(36)24(21)35)32-18-11-7-9-15(23(18)34)26(37)33(2)3;/h5-13,17H,4H2,1-3H3,(H3,31,32,34,35,36,37);/q;+1/p-1. The van der Waals surface area contributed by atoms with Crippen molar-refractivity contribution in [3.05, 3.63) is 97.2 Å². The topological polar surface area (TPSA) is 114 Å². The Morgan fingerprint density at radius 2 is 1.74 bits per heavy atom. The largest absolute Gasteiger partial charge is 1.00 e. The van der Waals surface area contributed by atoms with Crippen molar-refractivity contribution in [1.29, 1.82) is 0 Å². The third-order valence-corrected chi connectivity index (χ3v) is 5.96. The SMILES string of the molecule is CCC(Nc1c([N-]c2cccc(C(=O)N(C)C)c2O)c(=O)c1=O)c1ccc(-c2ccccc2C(F)(F)F)o1.[Li+]. The second kappa shape index (κ2) is 11.4. The number of nitrogens with one attached hydrogen (secondary N) is 1. The third kappa shape index (κ3) is 5.74. The summed E-state index contributed by atoms with van der Waals surface area (Å²) in [5, 5.41) is 17.6. The van der Waals surface area contributed by atoms with Gasteiger partial charge in [-0.25, -0.2) is 0 Å². The van der Waals surface area contributed by atoms with Crippen molar-refractivity contribution in [2.75, 3.05) is 19.4 Å². The molecule has 12 heteroatoms. The summed E-state index contributed by atoms with van der Waals surface area (Å²) in [6.07, 6.45) is -4.23. The Kier molecular flexibility index (Phi) is 8.68. The van der Waals surface area contributed by atoms with Gasteiger partial charge in [-0.05, 0) is 30.7 Å². The number of aromatic hydroxyl groups is 1. The molecule has 4 aromatic rings. The van der Waals surface area contributed by atoms with Crippen molar-refractivity contribution >= 4 is 23.0 Å². The van der Waals surface area contributed by atoms with Crippen LogP contribution in [0, 0.1) is 0 Å². The van der Waals surface area contributed by atoms with Crippen LogP contribution < -0.4 is 35.0 Å². The van der Waals surface area contributed by atoms with Gasteiger partial charge in [0.05, 0.1) is 22.9 Å². The van der Waals surface area contributed by atoms with Crippen molar-refractivity contribution < 1.29 is 46.4 Å². The van der Waals surface area contributed by atoms with Gasteiger partial charge in [0.2, 0.25) is 10.9 Å². The Morgan fingerprint density at radius 1 is 1.05 bits per heavy atom. The molecule has 2 N–H and O–H groups in total. The molecule has 3 aromatic carbocycles. The smallest absolute Gasteiger partial charge is 0.650 e. The molecule has 1 atom stereocenters. The molecule has 0 spiro atoms. The van der Waals surface area contributed by atoms with E-state index in [0.29, 0.717) is 6.42 Å². The predicted molar refractivity (Wildman–Crippen MR) is 136 cm³/mol. The summed E-state index contributed by atoms with van der Waals surface area (Å²) in [6, 6.07) is 11.5. The van der Waals surface area contributed by atoms with Gasteiger partial charge < -0.3 is 25.1 Å². The molecule has 39 heavy (non-hydrogen) atoms. The maximum absolute atomic E-state index is 13.5. The van der Waals surface area contributed by atoms with Crippen LogP contribution in [0.2, 0.25) is 0 Å². The Balaban J connectivity index is 0.00000420. The summed E-state index contributed by atoms with van der Waals surface area (Å²) in [4.78, 5) is 38.2. The maximum atomic E-state index is 13.5. The molecule has 0 aliphatic rings. The first kappa shape index (κ1) is 29.6. The quantitative estimate of drug-likeness (QED) is 0.266. The maximum Gasteiger partial charge on any atom is 1.00 e. The molecule has 198 valence electrons. The van der Waals surface area contributed by atoms with E-state index in [1.54, 1.807) is 6.92 Å². The van der Waals surface area contributed by atoms with Crippen LogP contribution in [0.4, 0.5) is 30.2 Å². The number of nitrogens with zero attached hydrogens (tertiary/aromatic N) is 2. The van der Waals surface area contributed by atoms with Crippen LogP contribution in [0.5, 0.6) is 5.75 Å². The van der Waals surface area contributed by atoms with Gasteiger partial charge in [0.15, 0.2) is 0 Å². The number of carbonyl (C=O) groups excluding carboxylic acids is 1. The summed E-state index contributed by atoms with van der Waals surface area (Å²) in [6.45, 7) is 1.76. The number of phenolic OH excluding ortho intramolecular Hbond substituents is 1. The number of halogens is 3. The zero-order valence-electron chi connectivity index (χ0n) is 21.6. The second-order valence-corrected chi connectivity index (χ2v) is 8.72. The molecule has 1 unspecified atom stereocenters. The number of anilines is 1. The Bertz CT molecular complexity index is 1570. The second-order valence-electron chi connectivity index (χ2n) is 8.72. The zero-order chi connectivity index (χ0) is 27.8. The zero-order valence-corrected chi connectivity index (χ0v) is 21.6. The van der Waals surface area contributed by atoms with Gasteiger partial charge in [-0.3, -0.25) is 14.4 Å². The summed E-state index contributed by atoms with van der Waals surface area (Å²) in [7, 11) is 3.02. The van der Waals surface area contributed by atoms with E-state index in [2.05, 4.69) is 10.6 Å². The number of furan rings is 1. The summed E-state index contributed by atoms with van der Waals surface area (Å²) >= 11 is 0. The van der Waals surface area contributed by atoms with Crippen LogP contribution >= 0.6 is 0 Å². The fraction of sp³-hybridized carbons (Fsp3) is 0.222. The van der Waals surface area contributed by atoms with Gasteiger partial charge in [0.1, 0.15) is 17.3 Å². The molecule has 1 amide bonds. The molecule has 4 rings (SSSR count). The van der Waals surface area contributed by atoms with E-state index in [0.717, 1.165) is 6.07 Å². The molecule has 1 heterocycles. The number of para-hydroxylation sites is 1. The minimum absolute atomic E-state index is 0. The molecule has 1 aromatic heterocycles. The molecule has 0 aliphatic heterocycles. The summed E-state index contributed by atoms with van der Waals surface area (Å²) in [5.41, 5.74) is -3.18. The van der Waals surface area contributed by atoms with E-state index in [-0.39, 0.29) is 58.6 Å². The van der Waals surface area contributed by atoms with Crippen LogP contribution in [0.1, 0.15) is 41.1 Å². The number of hydrogen-bond donors (Lipinski definition) is 2. The molecule has 0 bridgehead atoms. The number of rotatable bonds is 8. The van der Waals surface area contributed by atoms with Crippen molar-refractivity contribution in [2.24, 2.45) is 0 Å². The molecule has 0 saturated heterocycles. The molecular weight excluding hydrogens is 510 g/mol. The van der Waals surface area contributed by atoms with Crippen molar-refractivity contribution in [3.8, 4) is 17.1 Å². The number of benzene rings is 2. The van der Waals surface area contributed by atoms with E-state index in [9.17, 15) is 32.7 Å². The van der Waals surface area contributed by atoms with E-state index in [1.807, 2.05) is 0 Å². The van der Waals surface area contributed by atoms with Crippen molar-refractivity contribution in [1.82, 2.24) is 4.90 Å². The van der Waals surface area contributed by atoms with Gasteiger partial charge >= 0.3 is 25.0 Å². The third-order valence-electron chi connectivity index (χ3n) is 5.96. The average Bonchev–Trinajstić information content (AvgIpc) is 3.38. The number of amides is 1. The number of hydrogen-bond acceptors (Lipinski definition) is 6. The molecule has 0 aliphatic carbocycles. The van der Waals surface area contributed by atoms with E-state index in [1.165, 1.54) is 67.5 Å².